The maximum Gasteiger partial charge on any atom is 0.407 e. The number of carboxylic acid groups (broad SMARTS) is 1. The van der Waals surface area contributed by atoms with Gasteiger partial charge in [0.05, 0.1) is 7.11 Å². The molecule has 0 heterocycles. The Kier molecular flexibility index (Phi) is 6.89. The third-order valence-corrected chi connectivity index (χ3v) is 1.39. The maximum atomic E-state index is 10.6. The Morgan fingerprint density at radius 2 is 1.85 bits per heavy atom. The summed E-state index contributed by atoms with van der Waals surface area (Å²) in [6.45, 7) is 3.41. The van der Waals surface area contributed by atoms with Crippen LogP contribution in [0.5, 0.6) is 0 Å². The van der Waals surface area contributed by atoms with E-state index in [2.05, 4.69) is 10.1 Å². The molecule has 1 atom stereocenters. The standard InChI is InChI=1S/C7H13NO4.CH4/c1-4(2)5(6(9)10)8-7(11)12-3;/h4-5H,1-3H3,(H,8,11)(H,9,10);1H4/t5-;/m1./s1. The van der Waals surface area contributed by atoms with E-state index in [-0.39, 0.29) is 13.3 Å². The van der Waals surface area contributed by atoms with Gasteiger partial charge in [0.1, 0.15) is 6.04 Å². The van der Waals surface area contributed by atoms with Gasteiger partial charge in [0.2, 0.25) is 0 Å². The second-order valence-electron chi connectivity index (χ2n) is 2.70. The first-order valence-electron chi connectivity index (χ1n) is 3.56. The van der Waals surface area contributed by atoms with Crippen LogP contribution >= 0.6 is 0 Å². The molecule has 0 radical (unpaired) electrons. The van der Waals surface area contributed by atoms with Gasteiger partial charge < -0.3 is 15.2 Å². The maximum absolute atomic E-state index is 10.6. The number of alkyl carbamates (subject to hydrolysis) is 1. The SMILES string of the molecule is C.COC(=O)N[C@@H](C(=O)O)C(C)C. The number of ether oxygens (including phenoxy) is 1. The molecular formula is C8H17NO4. The van der Waals surface area contributed by atoms with Crippen LogP contribution in [-0.4, -0.2) is 30.3 Å². The van der Waals surface area contributed by atoms with Gasteiger partial charge in [0.15, 0.2) is 0 Å². The Balaban J connectivity index is 0. The summed E-state index contributed by atoms with van der Waals surface area (Å²) in [4.78, 5) is 21.2. The summed E-state index contributed by atoms with van der Waals surface area (Å²) < 4.78 is 4.27. The molecule has 0 bridgehead atoms. The summed E-state index contributed by atoms with van der Waals surface area (Å²) in [5.41, 5.74) is 0. The van der Waals surface area contributed by atoms with Crippen LogP contribution in [0.2, 0.25) is 0 Å². The number of carbonyl (C=O) groups is 2. The zero-order valence-electron chi connectivity index (χ0n) is 7.33. The molecule has 13 heavy (non-hydrogen) atoms. The van der Waals surface area contributed by atoms with Gasteiger partial charge in [-0.2, -0.15) is 0 Å². The van der Waals surface area contributed by atoms with Crippen LogP contribution in [0.3, 0.4) is 0 Å². The normalized spacial score (nSPS) is 11.4. The van der Waals surface area contributed by atoms with Gasteiger partial charge in [-0.25, -0.2) is 9.59 Å². The lowest BCUT2D eigenvalue weighted by molar-refractivity contribution is -0.140. The number of amides is 1. The molecule has 0 aromatic carbocycles. The van der Waals surface area contributed by atoms with E-state index in [0.717, 1.165) is 0 Å². The topological polar surface area (TPSA) is 75.6 Å². The van der Waals surface area contributed by atoms with E-state index in [4.69, 9.17) is 5.11 Å². The van der Waals surface area contributed by atoms with Gasteiger partial charge >= 0.3 is 12.1 Å². The van der Waals surface area contributed by atoms with Crippen molar-refractivity contribution in [1.29, 1.82) is 0 Å². The molecule has 78 valence electrons. The zero-order chi connectivity index (χ0) is 9.72. The number of carboxylic acids is 1. The van der Waals surface area contributed by atoms with Crippen molar-refractivity contribution >= 4 is 12.1 Å². The molecule has 0 aromatic heterocycles. The minimum absolute atomic E-state index is 0. The molecule has 0 spiro atoms. The Morgan fingerprint density at radius 3 is 2.08 bits per heavy atom. The van der Waals surface area contributed by atoms with Crippen molar-refractivity contribution in [2.24, 2.45) is 5.92 Å². The molecule has 5 heteroatoms. The van der Waals surface area contributed by atoms with Crippen LogP contribution in [0.25, 0.3) is 0 Å². The third-order valence-electron chi connectivity index (χ3n) is 1.39. The predicted molar refractivity (Wildman–Crippen MR) is 48.5 cm³/mol. The van der Waals surface area contributed by atoms with E-state index < -0.39 is 18.1 Å². The highest BCUT2D eigenvalue weighted by Crippen LogP contribution is 2.01. The summed E-state index contributed by atoms with van der Waals surface area (Å²) in [6.07, 6.45) is -0.726. The number of hydrogen-bond acceptors (Lipinski definition) is 3. The largest absolute Gasteiger partial charge is 0.480 e. The van der Waals surface area contributed by atoms with Crippen molar-refractivity contribution < 1.29 is 19.4 Å². The molecule has 0 aliphatic carbocycles. The first-order valence-corrected chi connectivity index (χ1v) is 3.56. The van der Waals surface area contributed by atoms with Crippen molar-refractivity contribution in [2.45, 2.75) is 27.3 Å². The highest BCUT2D eigenvalue weighted by Gasteiger charge is 2.23. The van der Waals surface area contributed by atoms with Crippen molar-refractivity contribution in [3.63, 3.8) is 0 Å². The lowest BCUT2D eigenvalue weighted by Crippen LogP contribution is -2.44. The fraction of sp³-hybridized carbons (Fsp3) is 0.750. The van der Waals surface area contributed by atoms with Gasteiger partial charge in [0, 0.05) is 0 Å². The molecule has 0 aliphatic heterocycles. The van der Waals surface area contributed by atoms with Gasteiger partial charge in [0.25, 0.3) is 0 Å². The quantitative estimate of drug-likeness (QED) is 0.700. The fourth-order valence-corrected chi connectivity index (χ4v) is 0.699. The minimum atomic E-state index is -1.06. The molecular weight excluding hydrogens is 174 g/mol. The first-order chi connectivity index (χ1) is 5.49. The van der Waals surface area contributed by atoms with Crippen LogP contribution in [0.4, 0.5) is 4.79 Å². The molecule has 0 aliphatic rings. The van der Waals surface area contributed by atoms with Crippen molar-refractivity contribution in [3.8, 4) is 0 Å². The number of hydrogen-bond donors (Lipinski definition) is 2. The van der Waals surface area contributed by atoms with Crippen LogP contribution in [0.1, 0.15) is 21.3 Å². The molecule has 2 N–H and O–H groups in total. The Hall–Kier alpha value is -1.26. The second-order valence-corrected chi connectivity index (χ2v) is 2.70. The lowest BCUT2D eigenvalue weighted by atomic mass is 10.1. The van der Waals surface area contributed by atoms with Gasteiger partial charge in [-0.05, 0) is 5.92 Å². The molecule has 0 saturated carbocycles. The summed E-state index contributed by atoms with van der Waals surface area (Å²) in [5, 5.41) is 10.8. The number of carbonyl (C=O) groups excluding carboxylic acids is 1. The number of rotatable bonds is 3. The average molecular weight is 191 g/mol. The summed E-state index contributed by atoms with van der Waals surface area (Å²) in [7, 11) is 1.19. The molecule has 5 nitrogen and oxygen atoms in total. The monoisotopic (exact) mass is 191 g/mol. The van der Waals surface area contributed by atoms with Crippen molar-refractivity contribution in [1.82, 2.24) is 5.32 Å². The molecule has 0 saturated heterocycles. The summed E-state index contributed by atoms with van der Waals surface area (Å²) in [5.74, 6) is -1.22. The summed E-state index contributed by atoms with van der Waals surface area (Å²) >= 11 is 0. The molecule has 0 unspecified atom stereocenters. The van der Waals surface area contributed by atoms with E-state index in [1.165, 1.54) is 7.11 Å². The van der Waals surface area contributed by atoms with Gasteiger partial charge in [-0.1, -0.05) is 21.3 Å². The Labute approximate surface area is 78.1 Å². The molecule has 0 rings (SSSR count). The van der Waals surface area contributed by atoms with E-state index in [1.807, 2.05) is 0 Å². The van der Waals surface area contributed by atoms with Gasteiger partial charge in [-0.3, -0.25) is 0 Å². The van der Waals surface area contributed by atoms with Crippen molar-refractivity contribution in [3.05, 3.63) is 0 Å². The number of aliphatic carboxylic acids is 1. The zero-order valence-corrected chi connectivity index (χ0v) is 7.33. The number of methoxy groups -OCH3 is 1. The Bertz CT molecular complexity index is 179. The van der Waals surface area contributed by atoms with Gasteiger partial charge in [-0.15, -0.1) is 0 Å². The molecule has 1 amide bonds. The lowest BCUT2D eigenvalue weighted by Gasteiger charge is -2.16. The predicted octanol–water partition coefficient (Wildman–Crippen LogP) is 1.09. The Morgan fingerprint density at radius 1 is 1.38 bits per heavy atom. The van der Waals surface area contributed by atoms with E-state index >= 15 is 0 Å². The van der Waals surface area contributed by atoms with Crippen LogP contribution < -0.4 is 5.32 Å². The van der Waals surface area contributed by atoms with E-state index in [0.29, 0.717) is 0 Å². The van der Waals surface area contributed by atoms with E-state index in [1.54, 1.807) is 13.8 Å². The molecule has 0 aromatic rings. The summed E-state index contributed by atoms with van der Waals surface area (Å²) in [6, 6.07) is -0.891. The third kappa shape index (κ3) is 5.05. The van der Waals surface area contributed by atoms with Crippen LogP contribution in [-0.2, 0) is 9.53 Å². The van der Waals surface area contributed by atoms with Crippen LogP contribution in [0.15, 0.2) is 0 Å². The smallest absolute Gasteiger partial charge is 0.407 e. The first kappa shape index (κ1) is 14.3. The molecule has 0 fully saturated rings. The van der Waals surface area contributed by atoms with Crippen LogP contribution in [0, 0.1) is 5.92 Å². The van der Waals surface area contributed by atoms with E-state index in [9.17, 15) is 9.59 Å². The fourth-order valence-electron chi connectivity index (χ4n) is 0.699. The second kappa shape index (κ2) is 6.28. The highest BCUT2D eigenvalue weighted by molar-refractivity contribution is 5.80. The average Bonchev–Trinajstić information content (AvgIpc) is 1.98. The number of nitrogens with one attached hydrogen (secondary N) is 1. The van der Waals surface area contributed by atoms with Crippen molar-refractivity contribution in [2.75, 3.05) is 7.11 Å². The highest BCUT2D eigenvalue weighted by atomic mass is 16.5. The minimum Gasteiger partial charge on any atom is -0.480 e.